The van der Waals surface area contributed by atoms with Crippen LogP contribution < -0.4 is 0 Å². The maximum atomic E-state index is 11.7. The fourth-order valence-electron chi connectivity index (χ4n) is 1.26. The first-order chi connectivity index (χ1) is 9.75. The Morgan fingerprint density at radius 2 is 1.43 bits per heavy atom. The summed E-state index contributed by atoms with van der Waals surface area (Å²) in [6, 6.07) is 0. The smallest absolute Gasteiger partial charge is 0.333 e. The highest BCUT2D eigenvalue weighted by atomic mass is 16.5. The predicted octanol–water partition coefficient (Wildman–Crippen LogP) is 1.46. The van der Waals surface area contributed by atoms with Crippen LogP contribution in [0.5, 0.6) is 0 Å². The van der Waals surface area contributed by atoms with Gasteiger partial charge in [-0.15, -0.1) is 0 Å². The van der Waals surface area contributed by atoms with Crippen LogP contribution in [0.15, 0.2) is 24.3 Å². The van der Waals surface area contributed by atoms with Crippen molar-refractivity contribution in [2.24, 2.45) is 0 Å². The molecule has 0 bridgehead atoms. The number of rotatable bonds is 9. The first kappa shape index (κ1) is 18.9. The molecule has 118 valence electrons. The SMILES string of the molecule is C=C(C)C(=O)OCCCN(C)C(=O)CCOC(=O)C(=C)C. The molecule has 0 aromatic carbocycles. The quantitative estimate of drug-likeness (QED) is 0.366. The van der Waals surface area contributed by atoms with Crippen molar-refractivity contribution in [2.75, 3.05) is 26.8 Å². The Hall–Kier alpha value is -2.11. The van der Waals surface area contributed by atoms with Gasteiger partial charge in [0.05, 0.1) is 13.0 Å². The Balaban J connectivity index is 3.80. The summed E-state index contributed by atoms with van der Waals surface area (Å²) in [7, 11) is 1.64. The maximum absolute atomic E-state index is 11.7. The average Bonchev–Trinajstić information content (AvgIpc) is 2.42. The number of carbonyl (C=O) groups is 3. The van der Waals surface area contributed by atoms with Gasteiger partial charge in [0, 0.05) is 24.7 Å². The van der Waals surface area contributed by atoms with Crippen molar-refractivity contribution >= 4 is 17.8 Å². The minimum absolute atomic E-state index is 0.0273. The van der Waals surface area contributed by atoms with Gasteiger partial charge in [-0.2, -0.15) is 0 Å². The van der Waals surface area contributed by atoms with Crippen molar-refractivity contribution in [3.63, 3.8) is 0 Å². The third-order valence-corrected chi connectivity index (χ3v) is 2.54. The molecule has 6 nitrogen and oxygen atoms in total. The minimum atomic E-state index is -0.503. The molecule has 0 unspecified atom stereocenters. The molecule has 0 saturated carbocycles. The maximum Gasteiger partial charge on any atom is 0.333 e. The largest absolute Gasteiger partial charge is 0.462 e. The topological polar surface area (TPSA) is 72.9 Å². The molecule has 0 aliphatic rings. The second-order valence-electron chi connectivity index (χ2n) is 4.75. The van der Waals surface area contributed by atoms with Crippen LogP contribution in [-0.4, -0.2) is 49.6 Å². The molecule has 6 heteroatoms. The molecule has 0 aromatic rings. The van der Waals surface area contributed by atoms with Crippen molar-refractivity contribution in [1.82, 2.24) is 4.90 Å². The van der Waals surface area contributed by atoms with Crippen molar-refractivity contribution in [1.29, 1.82) is 0 Å². The lowest BCUT2D eigenvalue weighted by Crippen LogP contribution is -2.29. The van der Waals surface area contributed by atoms with Gasteiger partial charge < -0.3 is 14.4 Å². The molecule has 0 spiro atoms. The fraction of sp³-hybridized carbons (Fsp3) is 0.533. The van der Waals surface area contributed by atoms with Gasteiger partial charge in [0.2, 0.25) is 5.91 Å². The summed E-state index contributed by atoms with van der Waals surface area (Å²) in [5.41, 5.74) is 0.647. The van der Waals surface area contributed by atoms with E-state index >= 15 is 0 Å². The number of carbonyl (C=O) groups excluding carboxylic acids is 3. The summed E-state index contributed by atoms with van der Waals surface area (Å²) < 4.78 is 9.76. The van der Waals surface area contributed by atoms with Crippen molar-refractivity contribution < 1.29 is 23.9 Å². The van der Waals surface area contributed by atoms with Gasteiger partial charge in [-0.05, 0) is 20.3 Å². The number of ether oxygens (including phenoxy) is 2. The summed E-state index contributed by atoms with van der Waals surface area (Å²) in [5, 5.41) is 0. The van der Waals surface area contributed by atoms with E-state index in [1.54, 1.807) is 20.9 Å². The van der Waals surface area contributed by atoms with Gasteiger partial charge in [0.15, 0.2) is 0 Å². The monoisotopic (exact) mass is 297 g/mol. The molecule has 0 N–H and O–H groups in total. The summed E-state index contributed by atoms with van der Waals surface area (Å²) in [6.07, 6.45) is 0.647. The highest BCUT2D eigenvalue weighted by Crippen LogP contribution is 1.99. The van der Waals surface area contributed by atoms with Crippen molar-refractivity contribution in [2.45, 2.75) is 26.7 Å². The lowest BCUT2D eigenvalue weighted by molar-refractivity contribution is -0.141. The minimum Gasteiger partial charge on any atom is -0.462 e. The van der Waals surface area contributed by atoms with E-state index in [1.165, 1.54) is 4.90 Å². The molecule has 0 fully saturated rings. The zero-order chi connectivity index (χ0) is 16.4. The summed E-state index contributed by atoms with van der Waals surface area (Å²) in [5.74, 6) is -1.08. The standard InChI is InChI=1S/C15H23NO5/c1-11(2)14(18)20-9-6-8-16(5)13(17)7-10-21-15(19)12(3)4/h1,3,6-10H2,2,4-5H3. The van der Waals surface area contributed by atoms with Crippen LogP contribution in [0.2, 0.25) is 0 Å². The van der Waals surface area contributed by atoms with Gasteiger partial charge in [-0.1, -0.05) is 13.2 Å². The molecule has 21 heavy (non-hydrogen) atoms. The van der Waals surface area contributed by atoms with Crippen LogP contribution in [0.25, 0.3) is 0 Å². The second kappa shape index (κ2) is 9.74. The van der Waals surface area contributed by atoms with E-state index in [-0.39, 0.29) is 25.5 Å². The highest BCUT2D eigenvalue weighted by Gasteiger charge is 2.11. The van der Waals surface area contributed by atoms with E-state index in [4.69, 9.17) is 9.47 Å². The Labute approximate surface area is 125 Å². The lowest BCUT2D eigenvalue weighted by atomic mass is 10.3. The molecular weight excluding hydrogens is 274 g/mol. The Morgan fingerprint density at radius 1 is 0.952 bits per heavy atom. The number of hydrogen-bond donors (Lipinski definition) is 0. The van der Waals surface area contributed by atoms with E-state index in [0.29, 0.717) is 24.1 Å². The summed E-state index contributed by atoms with van der Waals surface area (Å²) in [4.78, 5) is 35.5. The third kappa shape index (κ3) is 8.62. The second-order valence-corrected chi connectivity index (χ2v) is 4.75. The fourth-order valence-corrected chi connectivity index (χ4v) is 1.26. The number of nitrogens with zero attached hydrogens (tertiary/aromatic N) is 1. The van der Waals surface area contributed by atoms with E-state index in [0.717, 1.165) is 0 Å². The van der Waals surface area contributed by atoms with Gasteiger partial charge in [-0.25, -0.2) is 9.59 Å². The molecule has 0 rings (SSSR count). The zero-order valence-electron chi connectivity index (χ0n) is 12.9. The predicted molar refractivity (Wildman–Crippen MR) is 78.4 cm³/mol. The first-order valence-electron chi connectivity index (χ1n) is 6.65. The lowest BCUT2D eigenvalue weighted by Gasteiger charge is -2.17. The first-order valence-corrected chi connectivity index (χ1v) is 6.65. The molecule has 0 aliphatic carbocycles. The molecule has 0 radical (unpaired) electrons. The van der Waals surface area contributed by atoms with E-state index in [1.807, 2.05) is 0 Å². The normalized spacial score (nSPS) is 9.67. The Morgan fingerprint density at radius 3 is 1.90 bits per heavy atom. The van der Waals surface area contributed by atoms with Gasteiger partial charge >= 0.3 is 11.9 Å². The Bertz CT molecular complexity index is 428. The van der Waals surface area contributed by atoms with E-state index < -0.39 is 11.9 Å². The molecular formula is C15H23NO5. The molecule has 0 aliphatic heterocycles. The highest BCUT2D eigenvalue weighted by molar-refractivity contribution is 5.87. The number of amides is 1. The number of esters is 2. The van der Waals surface area contributed by atoms with E-state index in [2.05, 4.69) is 13.2 Å². The van der Waals surface area contributed by atoms with Crippen LogP contribution in [-0.2, 0) is 23.9 Å². The van der Waals surface area contributed by atoms with Crippen LogP contribution in [0.4, 0.5) is 0 Å². The van der Waals surface area contributed by atoms with Crippen molar-refractivity contribution in [3.8, 4) is 0 Å². The number of hydrogen-bond acceptors (Lipinski definition) is 5. The van der Waals surface area contributed by atoms with E-state index in [9.17, 15) is 14.4 Å². The van der Waals surface area contributed by atoms with Crippen LogP contribution in [0, 0.1) is 0 Å². The third-order valence-electron chi connectivity index (χ3n) is 2.54. The van der Waals surface area contributed by atoms with Crippen LogP contribution in [0.1, 0.15) is 26.7 Å². The van der Waals surface area contributed by atoms with Crippen LogP contribution >= 0.6 is 0 Å². The molecule has 1 amide bonds. The summed E-state index contributed by atoms with van der Waals surface area (Å²) >= 11 is 0. The molecule has 0 heterocycles. The average molecular weight is 297 g/mol. The molecule has 0 aromatic heterocycles. The molecule has 0 atom stereocenters. The van der Waals surface area contributed by atoms with Gasteiger partial charge in [0.25, 0.3) is 0 Å². The van der Waals surface area contributed by atoms with Gasteiger partial charge in [0.1, 0.15) is 6.61 Å². The Kier molecular flexibility index (Phi) is 8.76. The van der Waals surface area contributed by atoms with Gasteiger partial charge in [-0.3, -0.25) is 4.79 Å². The van der Waals surface area contributed by atoms with Crippen LogP contribution in [0.3, 0.4) is 0 Å². The zero-order valence-corrected chi connectivity index (χ0v) is 12.9. The molecule has 0 saturated heterocycles. The van der Waals surface area contributed by atoms with Crippen molar-refractivity contribution in [3.05, 3.63) is 24.3 Å². The summed E-state index contributed by atoms with van der Waals surface area (Å²) in [6.45, 7) is 10.7.